The minimum absolute atomic E-state index is 0.0133. The molecule has 0 saturated carbocycles. The molecule has 36 heavy (non-hydrogen) atoms. The topological polar surface area (TPSA) is 100 Å². The average Bonchev–Trinajstić information content (AvgIpc) is 3.59. The number of fused-ring (bicyclic) bond motifs is 1. The van der Waals surface area contributed by atoms with E-state index < -0.39 is 16.0 Å². The van der Waals surface area contributed by atoms with Crippen LogP contribution in [0.15, 0.2) is 77.0 Å². The van der Waals surface area contributed by atoms with Crippen molar-refractivity contribution in [2.24, 2.45) is 0 Å². The molecule has 0 bridgehead atoms. The number of aryl methyl sites for hydroxylation is 2. The SMILES string of the molecule is Cc1ccc(S(=O)(=O)n2c(-c3ccc(CCC(=O)O)s3)c(-c3ccsc3C#N)c3ccccc32)cc1. The smallest absolute Gasteiger partial charge is 0.303 e. The number of hydrogen-bond donors (Lipinski definition) is 1. The summed E-state index contributed by atoms with van der Waals surface area (Å²) in [6.07, 6.45) is 0.336. The maximum absolute atomic E-state index is 14.1. The summed E-state index contributed by atoms with van der Waals surface area (Å²) >= 11 is 2.67. The van der Waals surface area contributed by atoms with Gasteiger partial charge in [-0.25, -0.2) is 12.4 Å². The molecule has 0 fully saturated rings. The quantitative estimate of drug-likeness (QED) is 0.257. The summed E-state index contributed by atoms with van der Waals surface area (Å²) < 4.78 is 29.6. The number of benzene rings is 2. The van der Waals surface area contributed by atoms with Crippen molar-refractivity contribution >= 4 is 49.6 Å². The van der Waals surface area contributed by atoms with E-state index >= 15 is 0 Å². The number of hydrogen-bond acceptors (Lipinski definition) is 6. The Morgan fingerprint density at radius 1 is 1.06 bits per heavy atom. The fourth-order valence-electron chi connectivity index (χ4n) is 4.24. The van der Waals surface area contributed by atoms with Gasteiger partial charge in [0.15, 0.2) is 0 Å². The van der Waals surface area contributed by atoms with Crippen LogP contribution in [0.4, 0.5) is 0 Å². The zero-order chi connectivity index (χ0) is 25.4. The summed E-state index contributed by atoms with van der Waals surface area (Å²) in [5, 5.41) is 21.4. The first-order chi connectivity index (χ1) is 17.3. The highest BCUT2D eigenvalue weighted by Crippen LogP contribution is 2.46. The van der Waals surface area contributed by atoms with Crippen molar-refractivity contribution in [3.05, 3.63) is 87.4 Å². The van der Waals surface area contributed by atoms with E-state index in [2.05, 4.69) is 6.07 Å². The molecule has 0 radical (unpaired) electrons. The van der Waals surface area contributed by atoms with Gasteiger partial charge in [0.25, 0.3) is 10.0 Å². The zero-order valence-electron chi connectivity index (χ0n) is 19.1. The van der Waals surface area contributed by atoms with Gasteiger partial charge >= 0.3 is 5.97 Å². The van der Waals surface area contributed by atoms with Crippen LogP contribution in [0.2, 0.25) is 0 Å². The van der Waals surface area contributed by atoms with Crippen LogP contribution in [-0.4, -0.2) is 23.5 Å². The first-order valence-electron chi connectivity index (χ1n) is 11.1. The molecule has 0 aliphatic heterocycles. The normalized spacial score (nSPS) is 11.6. The van der Waals surface area contributed by atoms with E-state index in [4.69, 9.17) is 5.11 Å². The Hall–Kier alpha value is -3.71. The predicted octanol–water partition coefficient (Wildman–Crippen LogP) is 6.53. The van der Waals surface area contributed by atoms with Crippen molar-refractivity contribution < 1.29 is 18.3 Å². The second-order valence-corrected chi connectivity index (χ2v) is 12.1. The molecule has 5 rings (SSSR count). The lowest BCUT2D eigenvalue weighted by Crippen LogP contribution is -2.14. The summed E-state index contributed by atoms with van der Waals surface area (Å²) in [6.45, 7) is 1.90. The maximum Gasteiger partial charge on any atom is 0.303 e. The molecule has 3 aromatic heterocycles. The average molecular weight is 533 g/mol. The number of carboxylic acids is 1. The first-order valence-corrected chi connectivity index (χ1v) is 14.2. The monoisotopic (exact) mass is 532 g/mol. The van der Waals surface area contributed by atoms with Gasteiger partial charge in [-0.2, -0.15) is 5.26 Å². The van der Waals surface area contributed by atoms with Crippen molar-refractivity contribution in [2.75, 3.05) is 0 Å². The zero-order valence-corrected chi connectivity index (χ0v) is 21.6. The molecule has 3 heterocycles. The van der Waals surface area contributed by atoms with Crippen molar-refractivity contribution in [3.8, 4) is 27.8 Å². The van der Waals surface area contributed by atoms with Crippen molar-refractivity contribution in [2.45, 2.75) is 24.7 Å². The lowest BCUT2D eigenvalue weighted by Gasteiger charge is -2.13. The van der Waals surface area contributed by atoms with Gasteiger partial charge in [0.2, 0.25) is 0 Å². The molecule has 0 atom stereocenters. The molecule has 0 amide bonds. The Labute approximate surface area is 216 Å². The lowest BCUT2D eigenvalue weighted by molar-refractivity contribution is -0.136. The molecule has 5 aromatic rings. The van der Waals surface area contributed by atoms with Gasteiger partial charge in [-0.3, -0.25) is 4.79 Å². The summed E-state index contributed by atoms with van der Waals surface area (Å²) in [6, 6.07) is 21.8. The van der Waals surface area contributed by atoms with E-state index in [9.17, 15) is 18.5 Å². The van der Waals surface area contributed by atoms with Crippen LogP contribution in [0.25, 0.3) is 32.6 Å². The molecule has 0 spiro atoms. The van der Waals surface area contributed by atoms with Crippen molar-refractivity contribution in [1.82, 2.24) is 3.97 Å². The van der Waals surface area contributed by atoms with Gasteiger partial charge in [0.1, 0.15) is 10.9 Å². The molecule has 6 nitrogen and oxygen atoms in total. The molecule has 0 saturated heterocycles. The number of carboxylic acid groups (broad SMARTS) is 1. The number of aliphatic carboxylic acids is 1. The van der Waals surface area contributed by atoms with Crippen LogP contribution in [-0.2, 0) is 21.2 Å². The Balaban J connectivity index is 1.86. The van der Waals surface area contributed by atoms with E-state index in [1.54, 1.807) is 36.4 Å². The molecule has 180 valence electrons. The van der Waals surface area contributed by atoms with Gasteiger partial charge in [0, 0.05) is 21.4 Å². The number of rotatable bonds is 7. The number of nitrogens with zero attached hydrogens (tertiary/aromatic N) is 2. The molecule has 2 aromatic carbocycles. The van der Waals surface area contributed by atoms with Crippen LogP contribution in [0, 0.1) is 18.3 Å². The third-order valence-corrected chi connectivity index (χ3v) is 9.61. The minimum Gasteiger partial charge on any atom is -0.481 e. The Bertz CT molecular complexity index is 1750. The van der Waals surface area contributed by atoms with Gasteiger partial charge < -0.3 is 5.11 Å². The van der Waals surface area contributed by atoms with Gasteiger partial charge in [-0.15, -0.1) is 22.7 Å². The standard InChI is InChI=1S/C27H20N2O4S3/c1-17-6-10-19(11-7-17)36(32,33)29-22-5-3-2-4-20(22)26(21-14-15-34-24(21)16-28)27(29)23-12-8-18(35-23)9-13-25(30)31/h2-8,10-12,14-15H,9,13H2,1H3,(H,30,31). The van der Waals surface area contributed by atoms with E-state index in [1.165, 1.54) is 26.6 Å². The maximum atomic E-state index is 14.1. The highest BCUT2D eigenvalue weighted by Gasteiger charge is 2.30. The first kappa shape index (κ1) is 24.0. The summed E-state index contributed by atoms with van der Waals surface area (Å²) in [4.78, 5) is 13.3. The summed E-state index contributed by atoms with van der Waals surface area (Å²) in [5.74, 6) is -0.890. The second-order valence-electron chi connectivity index (χ2n) is 8.26. The van der Waals surface area contributed by atoms with Crippen LogP contribution < -0.4 is 0 Å². The largest absolute Gasteiger partial charge is 0.481 e. The van der Waals surface area contributed by atoms with Gasteiger partial charge in [0.05, 0.1) is 27.4 Å². The second kappa shape index (κ2) is 9.39. The van der Waals surface area contributed by atoms with E-state index in [1.807, 2.05) is 42.6 Å². The third kappa shape index (κ3) is 4.13. The van der Waals surface area contributed by atoms with E-state index in [-0.39, 0.29) is 11.3 Å². The fourth-order valence-corrected chi connectivity index (χ4v) is 7.57. The predicted molar refractivity (Wildman–Crippen MR) is 143 cm³/mol. The van der Waals surface area contributed by atoms with Crippen molar-refractivity contribution in [3.63, 3.8) is 0 Å². The fraction of sp³-hybridized carbons (Fsp3) is 0.111. The molecule has 0 aliphatic carbocycles. The summed E-state index contributed by atoms with van der Waals surface area (Å²) in [5.41, 5.74) is 3.28. The van der Waals surface area contributed by atoms with Crippen LogP contribution in [0.3, 0.4) is 0 Å². The van der Waals surface area contributed by atoms with Gasteiger partial charge in [-0.1, -0.05) is 35.9 Å². The van der Waals surface area contributed by atoms with E-state index in [0.29, 0.717) is 38.5 Å². The highest BCUT2D eigenvalue weighted by atomic mass is 32.2. The van der Waals surface area contributed by atoms with Crippen molar-refractivity contribution in [1.29, 1.82) is 5.26 Å². The van der Waals surface area contributed by atoms with Gasteiger partial charge in [-0.05, 0) is 55.1 Å². The van der Waals surface area contributed by atoms with Crippen LogP contribution >= 0.6 is 22.7 Å². The van der Waals surface area contributed by atoms with E-state index in [0.717, 1.165) is 15.8 Å². The van der Waals surface area contributed by atoms with Crippen LogP contribution in [0.5, 0.6) is 0 Å². The molecule has 0 unspecified atom stereocenters. The number of nitriles is 1. The molecule has 1 N–H and O–H groups in total. The Kier molecular flexibility index (Phi) is 6.26. The minimum atomic E-state index is -4.02. The van der Waals surface area contributed by atoms with Crippen LogP contribution in [0.1, 0.15) is 21.7 Å². The Morgan fingerprint density at radius 3 is 2.53 bits per heavy atom. The summed E-state index contributed by atoms with van der Waals surface area (Å²) in [7, 11) is -4.02. The number of thiophene rings is 2. The third-order valence-electron chi connectivity index (χ3n) is 5.91. The number of carbonyl (C=O) groups is 1. The molecular weight excluding hydrogens is 513 g/mol. The Morgan fingerprint density at radius 2 is 1.81 bits per heavy atom. The molecule has 9 heteroatoms. The number of aromatic nitrogens is 1. The molecule has 0 aliphatic rings. The highest BCUT2D eigenvalue weighted by molar-refractivity contribution is 7.90. The number of para-hydroxylation sites is 1. The molecular formula is C27H20N2O4S3. The lowest BCUT2D eigenvalue weighted by atomic mass is 10.0.